The van der Waals surface area contributed by atoms with Gasteiger partial charge in [-0.25, -0.2) is 0 Å². The number of halogens is 1. The molecule has 3 nitrogen and oxygen atoms in total. The summed E-state index contributed by atoms with van der Waals surface area (Å²) >= 11 is 5.97. The standard InChI is InChI=1S/C17H15ClN2O/c18-12-7-5-11(6-8-12)17-16-14(9-10-20(17)21)13-3-1-2-4-15(13)19-16/h1-8,17,19,21H,9-10H2/t17-/m0/s1. The Morgan fingerprint density at radius 2 is 1.86 bits per heavy atom. The lowest BCUT2D eigenvalue weighted by molar-refractivity contribution is -0.122. The Labute approximate surface area is 127 Å². The van der Waals surface area contributed by atoms with E-state index >= 15 is 0 Å². The predicted octanol–water partition coefficient (Wildman–Crippen LogP) is 4.16. The van der Waals surface area contributed by atoms with Gasteiger partial charge in [0.1, 0.15) is 6.04 Å². The van der Waals surface area contributed by atoms with Crippen LogP contribution in [0.5, 0.6) is 0 Å². The van der Waals surface area contributed by atoms with Crippen LogP contribution in [-0.4, -0.2) is 21.8 Å². The second-order valence-corrected chi connectivity index (χ2v) is 5.87. The Hall–Kier alpha value is -1.81. The smallest absolute Gasteiger partial charge is 0.100 e. The monoisotopic (exact) mass is 298 g/mol. The number of hydrogen-bond donors (Lipinski definition) is 2. The maximum atomic E-state index is 10.3. The number of hydrogen-bond acceptors (Lipinski definition) is 2. The molecular weight excluding hydrogens is 284 g/mol. The second kappa shape index (κ2) is 4.88. The number of aromatic amines is 1. The Balaban J connectivity index is 1.90. The largest absolute Gasteiger partial charge is 0.356 e. The van der Waals surface area contributed by atoms with Crippen molar-refractivity contribution in [2.75, 3.05) is 6.54 Å². The van der Waals surface area contributed by atoms with Crippen molar-refractivity contribution in [2.45, 2.75) is 12.5 Å². The van der Waals surface area contributed by atoms with Gasteiger partial charge in [-0.05, 0) is 35.7 Å². The van der Waals surface area contributed by atoms with Gasteiger partial charge in [0.25, 0.3) is 0 Å². The number of nitrogens with one attached hydrogen (secondary N) is 1. The van der Waals surface area contributed by atoms with E-state index in [0.29, 0.717) is 11.6 Å². The molecule has 2 heterocycles. The number of H-pyrrole nitrogens is 1. The molecule has 1 aromatic heterocycles. The van der Waals surface area contributed by atoms with Gasteiger partial charge in [0.05, 0.1) is 0 Å². The molecule has 0 aliphatic carbocycles. The first kappa shape index (κ1) is 12.9. The SMILES string of the molecule is ON1CCc2c([nH]c3ccccc23)[C@@H]1c1ccc(Cl)cc1. The summed E-state index contributed by atoms with van der Waals surface area (Å²) in [5, 5.41) is 13.7. The molecule has 0 unspecified atom stereocenters. The summed E-state index contributed by atoms with van der Waals surface area (Å²) in [5.41, 5.74) is 4.54. The Kier molecular flexibility index (Phi) is 3.00. The molecule has 0 spiro atoms. The van der Waals surface area contributed by atoms with Gasteiger partial charge in [-0.3, -0.25) is 0 Å². The Bertz CT molecular complexity index is 794. The summed E-state index contributed by atoms with van der Waals surface area (Å²) in [6, 6.07) is 15.8. The van der Waals surface area contributed by atoms with Crippen molar-refractivity contribution >= 4 is 22.5 Å². The minimum atomic E-state index is -0.168. The van der Waals surface area contributed by atoms with Crippen LogP contribution in [0.25, 0.3) is 10.9 Å². The first-order valence-corrected chi connectivity index (χ1v) is 7.42. The van der Waals surface area contributed by atoms with Gasteiger partial charge in [0.15, 0.2) is 0 Å². The lowest BCUT2D eigenvalue weighted by atomic mass is 9.94. The first-order chi connectivity index (χ1) is 10.2. The average molecular weight is 299 g/mol. The van der Waals surface area contributed by atoms with Crippen LogP contribution in [0.2, 0.25) is 5.02 Å². The molecule has 0 bridgehead atoms. The molecule has 4 heteroatoms. The second-order valence-electron chi connectivity index (χ2n) is 5.43. The molecule has 1 atom stereocenters. The van der Waals surface area contributed by atoms with Crippen LogP contribution in [0.3, 0.4) is 0 Å². The number of para-hydroxylation sites is 1. The summed E-state index contributed by atoms with van der Waals surface area (Å²) in [4.78, 5) is 3.47. The van der Waals surface area contributed by atoms with Gasteiger partial charge in [0.2, 0.25) is 0 Å². The average Bonchev–Trinajstić information content (AvgIpc) is 2.87. The molecule has 0 saturated carbocycles. The molecule has 2 N–H and O–H groups in total. The Morgan fingerprint density at radius 1 is 1.10 bits per heavy atom. The molecule has 1 aliphatic heterocycles. The Morgan fingerprint density at radius 3 is 2.67 bits per heavy atom. The van der Waals surface area contributed by atoms with Gasteiger partial charge >= 0.3 is 0 Å². The van der Waals surface area contributed by atoms with Crippen molar-refractivity contribution < 1.29 is 5.21 Å². The predicted molar refractivity (Wildman–Crippen MR) is 83.8 cm³/mol. The van der Waals surface area contributed by atoms with Crippen molar-refractivity contribution in [3.63, 3.8) is 0 Å². The molecule has 0 fully saturated rings. The van der Waals surface area contributed by atoms with Gasteiger partial charge in [-0.2, -0.15) is 5.06 Å². The summed E-state index contributed by atoms with van der Waals surface area (Å²) in [7, 11) is 0. The third-order valence-corrected chi connectivity index (χ3v) is 4.45. The fourth-order valence-electron chi connectivity index (χ4n) is 3.21. The molecule has 1 aliphatic rings. The molecule has 0 radical (unpaired) electrons. The van der Waals surface area contributed by atoms with Crippen LogP contribution in [0.15, 0.2) is 48.5 Å². The molecule has 0 amide bonds. The molecule has 21 heavy (non-hydrogen) atoms. The number of hydroxylamine groups is 2. The maximum absolute atomic E-state index is 10.3. The molecule has 4 rings (SSSR count). The summed E-state index contributed by atoms with van der Waals surface area (Å²) in [6.45, 7) is 0.627. The van der Waals surface area contributed by atoms with E-state index in [0.717, 1.165) is 23.2 Å². The highest BCUT2D eigenvalue weighted by molar-refractivity contribution is 6.30. The third kappa shape index (κ3) is 2.05. The number of aromatic nitrogens is 1. The van der Waals surface area contributed by atoms with Gasteiger partial charge in [-0.15, -0.1) is 0 Å². The van der Waals surface area contributed by atoms with E-state index in [4.69, 9.17) is 11.6 Å². The summed E-state index contributed by atoms with van der Waals surface area (Å²) < 4.78 is 0. The fraction of sp³-hybridized carbons (Fsp3) is 0.176. The zero-order valence-electron chi connectivity index (χ0n) is 11.4. The summed E-state index contributed by atoms with van der Waals surface area (Å²) in [6.07, 6.45) is 0.847. The number of fused-ring (bicyclic) bond motifs is 3. The maximum Gasteiger partial charge on any atom is 0.100 e. The highest BCUT2D eigenvalue weighted by Gasteiger charge is 2.30. The van der Waals surface area contributed by atoms with Crippen LogP contribution >= 0.6 is 11.6 Å². The van der Waals surface area contributed by atoms with E-state index in [-0.39, 0.29) is 6.04 Å². The summed E-state index contributed by atoms with van der Waals surface area (Å²) in [5.74, 6) is 0. The van der Waals surface area contributed by atoms with Crippen LogP contribution in [0, 0.1) is 0 Å². The van der Waals surface area contributed by atoms with Crippen molar-refractivity contribution in [1.82, 2.24) is 10.0 Å². The number of rotatable bonds is 1. The van der Waals surface area contributed by atoms with E-state index < -0.39 is 0 Å². The highest BCUT2D eigenvalue weighted by atomic mass is 35.5. The fourth-order valence-corrected chi connectivity index (χ4v) is 3.34. The molecule has 0 saturated heterocycles. The van der Waals surface area contributed by atoms with Gasteiger partial charge in [0, 0.05) is 28.2 Å². The van der Waals surface area contributed by atoms with Gasteiger partial charge < -0.3 is 10.2 Å². The zero-order chi connectivity index (χ0) is 14.4. The van der Waals surface area contributed by atoms with Crippen LogP contribution in [-0.2, 0) is 6.42 Å². The van der Waals surface area contributed by atoms with Crippen molar-refractivity contribution in [3.05, 3.63) is 70.4 Å². The van der Waals surface area contributed by atoms with Crippen LogP contribution in [0.4, 0.5) is 0 Å². The van der Waals surface area contributed by atoms with E-state index in [9.17, 15) is 5.21 Å². The zero-order valence-corrected chi connectivity index (χ0v) is 12.1. The normalized spacial score (nSPS) is 18.9. The molecule has 3 aromatic rings. The number of nitrogens with zero attached hydrogens (tertiary/aromatic N) is 1. The van der Waals surface area contributed by atoms with E-state index in [2.05, 4.69) is 23.2 Å². The van der Waals surface area contributed by atoms with Crippen molar-refractivity contribution in [2.24, 2.45) is 0 Å². The minimum absolute atomic E-state index is 0.168. The lowest BCUT2D eigenvalue weighted by Gasteiger charge is -2.31. The van der Waals surface area contributed by atoms with E-state index in [1.807, 2.05) is 30.3 Å². The minimum Gasteiger partial charge on any atom is -0.356 e. The molecule has 106 valence electrons. The van der Waals surface area contributed by atoms with Crippen molar-refractivity contribution in [1.29, 1.82) is 0 Å². The molecular formula is C17H15ClN2O. The molecule has 2 aromatic carbocycles. The quantitative estimate of drug-likeness (QED) is 0.708. The van der Waals surface area contributed by atoms with E-state index in [1.54, 1.807) is 0 Å². The van der Waals surface area contributed by atoms with Gasteiger partial charge in [-0.1, -0.05) is 41.9 Å². The van der Waals surface area contributed by atoms with E-state index in [1.165, 1.54) is 16.0 Å². The van der Waals surface area contributed by atoms with Crippen LogP contribution < -0.4 is 0 Å². The first-order valence-electron chi connectivity index (χ1n) is 7.04. The topological polar surface area (TPSA) is 39.3 Å². The van der Waals surface area contributed by atoms with Crippen molar-refractivity contribution in [3.8, 4) is 0 Å². The number of benzene rings is 2. The third-order valence-electron chi connectivity index (χ3n) is 4.19. The van der Waals surface area contributed by atoms with Crippen LogP contribution in [0.1, 0.15) is 22.9 Å². The lowest BCUT2D eigenvalue weighted by Crippen LogP contribution is -2.33. The highest BCUT2D eigenvalue weighted by Crippen LogP contribution is 2.37.